The SMILES string of the molecule is CCc1cc2c(cc1N1CCC(N3CCN(C(=O)CCCCC#Cc4ccc5c(c4)CN(C4CCC(=O)NC4=O)C5=O)CC3)CC1)C(C)(C)c1[nH]c3cc(C#N)ccc3c1C2=O. The van der Waals surface area contributed by atoms with Crippen molar-refractivity contribution < 1.29 is 24.0 Å². The van der Waals surface area contributed by atoms with Crippen LogP contribution in [0.4, 0.5) is 5.69 Å². The van der Waals surface area contributed by atoms with Gasteiger partial charge in [-0.05, 0) is 97.7 Å². The summed E-state index contributed by atoms with van der Waals surface area (Å²) in [5.41, 5.74) is 9.07. The first-order chi connectivity index (χ1) is 29.9. The second kappa shape index (κ2) is 16.6. The van der Waals surface area contributed by atoms with Crippen molar-refractivity contribution in [2.24, 2.45) is 0 Å². The summed E-state index contributed by atoms with van der Waals surface area (Å²) in [5, 5.41) is 12.7. The first kappa shape index (κ1) is 41.1. The van der Waals surface area contributed by atoms with Crippen LogP contribution in [0.1, 0.15) is 132 Å². The van der Waals surface area contributed by atoms with Crippen molar-refractivity contribution in [3.8, 4) is 17.9 Å². The maximum absolute atomic E-state index is 14.1. The Bertz CT molecular complexity index is 2630. The molecule has 4 amide bonds. The van der Waals surface area contributed by atoms with Crippen molar-refractivity contribution in [1.29, 1.82) is 5.26 Å². The molecule has 2 N–H and O–H groups in total. The predicted molar refractivity (Wildman–Crippen MR) is 236 cm³/mol. The number of carbonyl (C=O) groups is 5. The number of carbonyl (C=O) groups excluding carboxylic acids is 5. The highest BCUT2D eigenvalue weighted by Gasteiger charge is 2.42. The summed E-state index contributed by atoms with van der Waals surface area (Å²) in [4.78, 5) is 76.4. The van der Waals surface area contributed by atoms with Crippen LogP contribution in [0.25, 0.3) is 10.9 Å². The topological polar surface area (TPSA) is 150 Å². The van der Waals surface area contributed by atoms with Crippen LogP contribution >= 0.6 is 0 Å². The summed E-state index contributed by atoms with van der Waals surface area (Å²) < 4.78 is 0. The number of nitrogens with one attached hydrogen (secondary N) is 2. The zero-order valence-corrected chi connectivity index (χ0v) is 35.9. The second-order valence-corrected chi connectivity index (χ2v) is 18.0. The average molecular weight is 832 g/mol. The number of anilines is 1. The van der Waals surface area contributed by atoms with E-state index in [9.17, 15) is 29.2 Å². The van der Waals surface area contributed by atoms with Crippen LogP contribution in [-0.4, -0.2) is 100 Å². The van der Waals surface area contributed by atoms with Crippen LogP contribution < -0.4 is 10.2 Å². The maximum atomic E-state index is 14.1. The number of benzene rings is 3. The van der Waals surface area contributed by atoms with Crippen molar-refractivity contribution in [3.63, 3.8) is 0 Å². The molecule has 1 atom stereocenters. The van der Waals surface area contributed by atoms with Gasteiger partial charge in [-0.15, -0.1) is 0 Å². The van der Waals surface area contributed by atoms with E-state index in [0.717, 1.165) is 116 Å². The van der Waals surface area contributed by atoms with Crippen molar-refractivity contribution >= 4 is 46.0 Å². The quantitative estimate of drug-likeness (QED) is 0.126. The summed E-state index contributed by atoms with van der Waals surface area (Å²) in [5.74, 6) is 5.78. The van der Waals surface area contributed by atoms with E-state index in [1.165, 1.54) is 11.3 Å². The highest BCUT2D eigenvalue weighted by Crippen LogP contribution is 2.46. The number of nitriles is 1. The number of aromatic nitrogens is 1. The third-order valence-corrected chi connectivity index (χ3v) is 14.0. The number of nitrogens with zero attached hydrogens (tertiary/aromatic N) is 5. The highest BCUT2D eigenvalue weighted by atomic mass is 16.2. The summed E-state index contributed by atoms with van der Waals surface area (Å²) in [6.45, 7) is 12.0. The molecule has 5 heterocycles. The fourth-order valence-corrected chi connectivity index (χ4v) is 10.4. The number of rotatable bonds is 8. The van der Waals surface area contributed by atoms with Gasteiger partial charge in [0.1, 0.15) is 6.04 Å². The molecule has 318 valence electrons. The zero-order chi connectivity index (χ0) is 43.3. The summed E-state index contributed by atoms with van der Waals surface area (Å²) in [7, 11) is 0. The lowest BCUT2D eigenvalue weighted by atomic mass is 9.70. The van der Waals surface area contributed by atoms with Gasteiger partial charge in [-0.25, -0.2) is 0 Å². The van der Waals surface area contributed by atoms with E-state index in [2.05, 4.69) is 70.9 Å². The minimum absolute atomic E-state index is 0.0460. The minimum Gasteiger partial charge on any atom is -0.371 e. The molecule has 1 aliphatic carbocycles. The van der Waals surface area contributed by atoms with E-state index in [1.807, 2.05) is 29.2 Å². The molecule has 4 aliphatic heterocycles. The fraction of sp³-hybridized carbons (Fsp3) is 0.440. The molecule has 1 aromatic heterocycles. The third kappa shape index (κ3) is 7.45. The molecule has 0 saturated carbocycles. The van der Waals surface area contributed by atoms with Gasteiger partial charge < -0.3 is 19.7 Å². The fourth-order valence-electron chi connectivity index (χ4n) is 10.4. The van der Waals surface area contributed by atoms with Gasteiger partial charge in [0, 0.05) is 116 Å². The van der Waals surface area contributed by atoms with Crippen LogP contribution in [0, 0.1) is 23.2 Å². The molecule has 0 bridgehead atoms. The Kier molecular flexibility index (Phi) is 11.0. The molecule has 9 rings (SSSR count). The predicted octanol–water partition coefficient (Wildman–Crippen LogP) is 5.96. The Morgan fingerprint density at radius 1 is 0.887 bits per heavy atom. The Hall–Kier alpha value is -6.24. The normalized spacial score (nSPS) is 20.0. The largest absolute Gasteiger partial charge is 0.371 e. The van der Waals surface area contributed by atoms with Gasteiger partial charge in [-0.1, -0.05) is 38.7 Å². The number of hydrogen-bond donors (Lipinski definition) is 2. The average Bonchev–Trinajstić information content (AvgIpc) is 3.84. The van der Waals surface area contributed by atoms with Crippen LogP contribution in [0.2, 0.25) is 0 Å². The van der Waals surface area contributed by atoms with Crippen LogP contribution in [0.3, 0.4) is 0 Å². The van der Waals surface area contributed by atoms with Gasteiger partial charge in [0.15, 0.2) is 5.78 Å². The number of imide groups is 1. The van der Waals surface area contributed by atoms with Gasteiger partial charge in [-0.2, -0.15) is 5.26 Å². The molecule has 4 aromatic rings. The molecule has 12 nitrogen and oxygen atoms in total. The molecule has 0 radical (unpaired) electrons. The number of aryl methyl sites for hydroxylation is 1. The van der Waals surface area contributed by atoms with Gasteiger partial charge in [-0.3, -0.25) is 34.2 Å². The van der Waals surface area contributed by atoms with E-state index in [-0.39, 0.29) is 29.9 Å². The first-order valence-electron chi connectivity index (χ1n) is 22.3. The monoisotopic (exact) mass is 831 g/mol. The van der Waals surface area contributed by atoms with Crippen molar-refractivity contribution in [3.05, 3.63) is 98.7 Å². The number of hydrogen-bond acceptors (Lipinski definition) is 8. The van der Waals surface area contributed by atoms with E-state index in [0.29, 0.717) is 43.0 Å². The minimum atomic E-state index is -0.635. The summed E-state index contributed by atoms with van der Waals surface area (Å²) in [6.07, 6.45) is 6.30. The lowest BCUT2D eigenvalue weighted by molar-refractivity contribution is -0.137. The smallest absolute Gasteiger partial charge is 0.255 e. The number of ketones is 1. The number of unbranched alkanes of at least 4 members (excludes halogenated alkanes) is 2. The number of amides is 4. The summed E-state index contributed by atoms with van der Waals surface area (Å²) in [6, 6.07) is 17.5. The lowest BCUT2D eigenvalue weighted by Gasteiger charge is -2.44. The molecule has 12 heteroatoms. The molecular formula is C50H53N7O5. The Labute approximate surface area is 362 Å². The van der Waals surface area contributed by atoms with E-state index in [4.69, 9.17) is 0 Å². The van der Waals surface area contributed by atoms with E-state index in [1.54, 1.807) is 17.0 Å². The van der Waals surface area contributed by atoms with Gasteiger partial charge in [0.2, 0.25) is 17.7 Å². The lowest BCUT2D eigenvalue weighted by Crippen LogP contribution is -2.54. The van der Waals surface area contributed by atoms with Gasteiger partial charge in [0.05, 0.1) is 17.2 Å². The molecule has 3 aromatic carbocycles. The third-order valence-electron chi connectivity index (χ3n) is 14.0. The van der Waals surface area contributed by atoms with Crippen molar-refractivity contribution in [2.75, 3.05) is 44.2 Å². The Morgan fingerprint density at radius 2 is 1.66 bits per heavy atom. The molecular weight excluding hydrogens is 779 g/mol. The van der Waals surface area contributed by atoms with Crippen molar-refractivity contribution in [1.82, 2.24) is 25.0 Å². The standard InChI is InChI=1S/C50H53N7O5/c1-4-33-27-38-39(50(2,3)47-45(46(38)60)37-14-12-32(29-51)26-40(37)52-47)28-42(33)55-19-17-35(18-20-55)54-21-23-56(24-22-54)44(59)10-8-6-5-7-9-31-11-13-36-34(25-31)30-57(49(36)62)41-15-16-43(58)53-48(41)61/h11-14,25-28,35,41,52H,4-6,8,10,15-24,30H2,1-3H3,(H,53,58,61). The number of aromatic amines is 1. The molecule has 5 aliphatic rings. The van der Waals surface area contributed by atoms with Gasteiger partial charge >= 0.3 is 0 Å². The van der Waals surface area contributed by atoms with E-state index >= 15 is 0 Å². The second-order valence-electron chi connectivity index (χ2n) is 18.0. The molecule has 0 spiro atoms. The molecule has 1 unspecified atom stereocenters. The molecule has 3 fully saturated rings. The first-order valence-corrected chi connectivity index (χ1v) is 22.3. The number of piperidine rings is 2. The molecule has 62 heavy (non-hydrogen) atoms. The number of piperazine rings is 1. The highest BCUT2D eigenvalue weighted by molar-refractivity contribution is 6.20. The van der Waals surface area contributed by atoms with E-state index < -0.39 is 17.4 Å². The van der Waals surface area contributed by atoms with Crippen LogP contribution in [0.15, 0.2) is 48.5 Å². The Balaban J connectivity index is 0.735. The maximum Gasteiger partial charge on any atom is 0.255 e. The number of H-pyrrole nitrogens is 1. The van der Waals surface area contributed by atoms with Crippen LogP contribution in [-0.2, 0) is 32.8 Å². The zero-order valence-electron chi connectivity index (χ0n) is 35.9. The van der Waals surface area contributed by atoms with Crippen LogP contribution in [0.5, 0.6) is 0 Å². The van der Waals surface area contributed by atoms with Crippen molar-refractivity contribution in [2.45, 2.75) is 103 Å². The van der Waals surface area contributed by atoms with Gasteiger partial charge in [0.25, 0.3) is 5.91 Å². The Morgan fingerprint density at radius 3 is 2.40 bits per heavy atom. The number of fused-ring (bicyclic) bond motifs is 5. The molecule has 3 saturated heterocycles. The summed E-state index contributed by atoms with van der Waals surface area (Å²) >= 11 is 0.